The number of rotatable bonds is 4. The summed E-state index contributed by atoms with van der Waals surface area (Å²) in [6.45, 7) is 1.30. The highest BCUT2D eigenvalue weighted by molar-refractivity contribution is 9.11. The van der Waals surface area contributed by atoms with Crippen LogP contribution in [-0.2, 0) is 4.79 Å². The maximum absolute atomic E-state index is 11.2. The Morgan fingerprint density at radius 2 is 1.78 bits per heavy atom. The molecule has 11 heteroatoms. The molecule has 0 aliphatic heterocycles. The van der Waals surface area contributed by atoms with E-state index in [-0.39, 0.29) is 11.0 Å². The van der Waals surface area contributed by atoms with Crippen molar-refractivity contribution in [3.63, 3.8) is 0 Å². The number of carbonyl (C=O) groups is 1. The lowest BCUT2D eigenvalue weighted by atomic mass is 10.3. The summed E-state index contributed by atoms with van der Waals surface area (Å²) in [7, 11) is 1.56. The first-order valence-electron chi connectivity index (χ1n) is 5.99. The maximum atomic E-state index is 11.2. The molecule has 1 atom stereocenters. The van der Waals surface area contributed by atoms with E-state index in [2.05, 4.69) is 47.8 Å². The largest absolute Gasteiger partial charge is 0.497 e. The molecule has 0 radical (unpaired) electrons. The molecule has 0 spiro atoms. The van der Waals surface area contributed by atoms with Crippen LogP contribution in [0.4, 0.5) is 5.69 Å². The first-order valence-corrected chi connectivity index (χ1v) is 9.11. The molecular formula is C12H12Br2Cl3N3O2S. The van der Waals surface area contributed by atoms with Gasteiger partial charge in [0, 0.05) is 15.9 Å². The SMILES string of the molecule is COc1cc(Br)c(NC(=S)N[C@@H](NC(C)=O)C(Cl)(Cl)Cl)c(Br)c1. The molecule has 0 saturated heterocycles. The molecule has 0 aliphatic carbocycles. The molecule has 1 aromatic carbocycles. The first kappa shape index (κ1) is 21.1. The Morgan fingerprint density at radius 1 is 1.26 bits per heavy atom. The van der Waals surface area contributed by atoms with Gasteiger partial charge in [0.15, 0.2) is 5.11 Å². The average molecular weight is 528 g/mol. The summed E-state index contributed by atoms with van der Waals surface area (Å²) in [6.07, 6.45) is -0.999. The topological polar surface area (TPSA) is 62.4 Å². The summed E-state index contributed by atoms with van der Waals surface area (Å²) < 4.78 is 4.78. The highest BCUT2D eigenvalue weighted by atomic mass is 79.9. The van der Waals surface area contributed by atoms with E-state index in [9.17, 15) is 4.79 Å². The molecule has 3 N–H and O–H groups in total. The molecule has 1 aromatic rings. The van der Waals surface area contributed by atoms with Gasteiger partial charge >= 0.3 is 0 Å². The molecule has 0 aromatic heterocycles. The van der Waals surface area contributed by atoms with Gasteiger partial charge in [-0.2, -0.15) is 0 Å². The number of halogens is 5. The Bertz CT molecular complexity index is 591. The standard InChI is InChI=1S/C12H12Br2Cl3N3O2S/c1-5(21)18-10(12(15,16)17)20-11(23)19-9-7(13)3-6(22-2)4-8(9)14/h3-4,10H,1-2H3,(H,18,21)(H2,19,20,23)/t10-/m1/s1. The minimum atomic E-state index is -1.79. The van der Waals surface area contributed by atoms with Crippen molar-refractivity contribution in [3.8, 4) is 5.75 Å². The van der Waals surface area contributed by atoms with Gasteiger partial charge in [-0.05, 0) is 56.2 Å². The number of carbonyl (C=O) groups excluding carboxylic acids is 1. The van der Waals surface area contributed by atoms with Gasteiger partial charge < -0.3 is 20.7 Å². The van der Waals surface area contributed by atoms with Crippen molar-refractivity contribution in [2.75, 3.05) is 12.4 Å². The van der Waals surface area contributed by atoms with Crippen molar-refractivity contribution in [1.29, 1.82) is 0 Å². The second-order valence-electron chi connectivity index (χ2n) is 4.24. The molecule has 5 nitrogen and oxygen atoms in total. The zero-order chi connectivity index (χ0) is 17.8. The van der Waals surface area contributed by atoms with Gasteiger partial charge in [-0.25, -0.2) is 0 Å². The monoisotopic (exact) mass is 525 g/mol. The van der Waals surface area contributed by atoms with Gasteiger partial charge in [0.25, 0.3) is 0 Å². The molecule has 0 fully saturated rings. The average Bonchev–Trinajstić information content (AvgIpc) is 2.40. The van der Waals surface area contributed by atoms with E-state index in [4.69, 9.17) is 51.8 Å². The molecule has 23 heavy (non-hydrogen) atoms. The van der Waals surface area contributed by atoms with Crippen molar-refractivity contribution in [2.45, 2.75) is 16.9 Å². The fourth-order valence-corrected chi connectivity index (χ4v) is 3.36. The second-order valence-corrected chi connectivity index (χ2v) is 8.73. The molecule has 0 aliphatic rings. The molecule has 0 bridgehead atoms. The molecule has 1 rings (SSSR count). The van der Waals surface area contributed by atoms with Crippen molar-refractivity contribution in [3.05, 3.63) is 21.1 Å². The third-order valence-electron chi connectivity index (χ3n) is 2.44. The van der Waals surface area contributed by atoms with Gasteiger partial charge in [0.1, 0.15) is 11.9 Å². The Hall–Kier alpha value is 0.01000. The van der Waals surface area contributed by atoms with Crippen LogP contribution in [0, 0.1) is 0 Å². The van der Waals surface area contributed by atoms with Crippen LogP contribution in [0.1, 0.15) is 6.92 Å². The summed E-state index contributed by atoms with van der Waals surface area (Å²) in [5.74, 6) is 0.286. The summed E-state index contributed by atoms with van der Waals surface area (Å²) in [4.78, 5) is 11.2. The van der Waals surface area contributed by atoms with Gasteiger partial charge in [0.05, 0.1) is 12.8 Å². The molecule has 0 saturated carbocycles. The highest BCUT2D eigenvalue weighted by Crippen LogP contribution is 2.35. The Labute approximate surface area is 171 Å². The summed E-state index contributed by atoms with van der Waals surface area (Å²) >= 11 is 29.5. The van der Waals surface area contributed by atoms with Gasteiger partial charge in [-0.15, -0.1) is 0 Å². The van der Waals surface area contributed by atoms with Crippen LogP contribution < -0.4 is 20.7 Å². The van der Waals surface area contributed by atoms with Crippen molar-refractivity contribution >= 4 is 95.6 Å². The lowest BCUT2D eigenvalue weighted by molar-refractivity contribution is -0.119. The normalized spacial score (nSPS) is 12.3. The molecule has 1 amide bonds. The molecular weight excluding hydrogens is 516 g/mol. The third kappa shape index (κ3) is 6.80. The fraction of sp³-hybridized carbons (Fsp3) is 0.333. The lowest BCUT2D eigenvalue weighted by Crippen LogP contribution is -2.55. The minimum absolute atomic E-state index is 0.154. The van der Waals surface area contributed by atoms with Crippen LogP contribution in [0.2, 0.25) is 0 Å². The van der Waals surface area contributed by atoms with E-state index < -0.39 is 9.96 Å². The van der Waals surface area contributed by atoms with Crippen molar-refractivity contribution in [2.24, 2.45) is 0 Å². The van der Waals surface area contributed by atoms with Crippen molar-refractivity contribution < 1.29 is 9.53 Å². The van der Waals surface area contributed by atoms with E-state index in [1.165, 1.54) is 6.92 Å². The quantitative estimate of drug-likeness (QED) is 0.309. The predicted molar refractivity (Wildman–Crippen MR) is 106 cm³/mol. The van der Waals surface area contributed by atoms with Crippen LogP contribution in [0.5, 0.6) is 5.75 Å². The zero-order valence-electron chi connectivity index (χ0n) is 11.8. The van der Waals surface area contributed by atoms with E-state index in [0.717, 1.165) is 0 Å². The summed E-state index contributed by atoms with van der Waals surface area (Å²) in [5.41, 5.74) is 0.647. The summed E-state index contributed by atoms with van der Waals surface area (Å²) in [6, 6.07) is 3.52. The number of hydrogen-bond acceptors (Lipinski definition) is 3. The number of benzene rings is 1. The van der Waals surface area contributed by atoms with Gasteiger partial charge in [-0.3, -0.25) is 4.79 Å². The van der Waals surface area contributed by atoms with E-state index in [1.807, 2.05) is 0 Å². The van der Waals surface area contributed by atoms with Crippen LogP contribution in [-0.4, -0.2) is 28.1 Å². The predicted octanol–water partition coefficient (Wildman–Crippen LogP) is 4.34. The second kappa shape index (κ2) is 8.92. The fourth-order valence-electron chi connectivity index (χ4n) is 1.47. The number of anilines is 1. The molecule has 0 unspecified atom stereocenters. The number of nitrogens with one attached hydrogen (secondary N) is 3. The van der Waals surface area contributed by atoms with E-state index >= 15 is 0 Å². The number of methoxy groups -OCH3 is 1. The van der Waals surface area contributed by atoms with E-state index in [1.54, 1.807) is 19.2 Å². The molecule has 0 heterocycles. The zero-order valence-corrected chi connectivity index (χ0v) is 18.1. The highest BCUT2D eigenvalue weighted by Gasteiger charge is 2.34. The Balaban J connectivity index is 2.89. The van der Waals surface area contributed by atoms with Crippen LogP contribution in [0.3, 0.4) is 0 Å². The van der Waals surface area contributed by atoms with Gasteiger partial charge in [-0.1, -0.05) is 34.8 Å². The van der Waals surface area contributed by atoms with Gasteiger partial charge in [0.2, 0.25) is 9.70 Å². The number of amides is 1. The van der Waals surface area contributed by atoms with Crippen molar-refractivity contribution in [1.82, 2.24) is 10.6 Å². The maximum Gasteiger partial charge on any atom is 0.228 e. The smallest absolute Gasteiger partial charge is 0.228 e. The number of alkyl halides is 3. The third-order valence-corrected chi connectivity index (χ3v) is 4.57. The number of hydrogen-bond donors (Lipinski definition) is 3. The first-order chi connectivity index (χ1) is 10.5. The van der Waals surface area contributed by atoms with Crippen LogP contribution in [0.25, 0.3) is 0 Å². The summed E-state index contributed by atoms with van der Waals surface area (Å²) in [5, 5.41) is 8.31. The minimum Gasteiger partial charge on any atom is -0.497 e. The Kier molecular flexibility index (Phi) is 8.16. The van der Waals surface area contributed by atoms with E-state index in [0.29, 0.717) is 20.4 Å². The lowest BCUT2D eigenvalue weighted by Gasteiger charge is -2.27. The Morgan fingerprint density at radius 3 is 2.17 bits per heavy atom. The van der Waals surface area contributed by atoms with Crippen LogP contribution in [0.15, 0.2) is 21.1 Å². The molecule has 128 valence electrons. The number of ether oxygens (including phenoxy) is 1. The van der Waals surface area contributed by atoms with Crippen LogP contribution >= 0.6 is 78.9 Å². The number of thiocarbonyl (C=S) groups is 1.